The quantitative estimate of drug-likeness (QED) is 0.626. The van der Waals surface area contributed by atoms with Crippen LogP contribution in [-0.2, 0) is 4.79 Å². The van der Waals surface area contributed by atoms with Crippen LogP contribution in [0.3, 0.4) is 0 Å². The van der Waals surface area contributed by atoms with Crippen LogP contribution in [0.5, 0.6) is 5.75 Å². The Labute approximate surface area is 122 Å². The zero-order chi connectivity index (χ0) is 14.8. The molecule has 0 heterocycles. The molecule has 1 aromatic carbocycles. The van der Waals surface area contributed by atoms with Gasteiger partial charge in [0.15, 0.2) is 0 Å². The number of ether oxygens (including phenoxy) is 1. The lowest BCUT2D eigenvalue weighted by molar-refractivity contribution is -0.116. The Kier molecular flexibility index (Phi) is 7.78. The van der Waals surface area contributed by atoms with Crippen molar-refractivity contribution in [3.63, 3.8) is 0 Å². The first kappa shape index (κ1) is 16.5. The number of anilines is 1. The summed E-state index contributed by atoms with van der Waals surface area (Å²) in [5, 5.41) is 0. The summed E-state index contributed by atoms with van der Waals surface area (Å²) in [6.45, 7) is 7.34. The van der Waals surface area contributed by atoms with Gasteiger partial charge in [-0.05, 0) is 25.0 Å². The fraction of sp³-hybridized carbons (Fsp3) is 0.588. The van der Waals surface area contributed by atoms with Crippen LogP contribution in [0.2, 0.25) is 0 Å². The van der Waals surface area contributed by atoms with Gasteiger partial charge in [-0.2, -0.15) is 0 Å². The molecule has 0 bridgehead atoms. The Bertz CT molecular complexity index is 404. The average molecular weight is 277 g/mol. The zero-order valence-electron chi connectivity index (χ0n) is 13.0. The van der Waals surface area contributed by atoms with Gasteiger partial charge in [0.1, 0.15) is 5.75 Å². The highest BCUT2D eigenvalue weighted by Crippen LogP contribution is 2.28. The summed E-state index contributed by atoms with van der Waals surface area (Å²) in [6.07, 6.45) is 5.59. The fourth-order valence-corrected chi connectivity index (χ4v) is 2.16. The molecular weight excluding hydrogens is 250 g/mol. The molecular formula is C17H27NO2. The molecule has 0 aliphatic heterocycles. The van der Waals surface area contributed by atoms with Crippen molar-refractivity contribution in [2.24, 2.45) is 0 Å². The van der Waals surface area contributed by atoms with Gasteiger partial charge in [-0.1, -0.05) is 45.2 Å². The van der Waals surface area contributed by atoms with Gasteiger partial charge in [0.2, 0.25) is 5.91 Å². The second-order valence-corrected chi connectivity index (χ2v) is 5.05. The van der Waals surface area contributed by atoms with Crippen molar-refractivity contribution < 1.29 is 9.53 Å². The number of carbonyl (C=O) groups excluding carboxylic acids is 1. The van der Waals surface area contributed by atoms with Crippen LogP contribution in [0.25, 0.3) is 0 Å². The molecule has 0 saturated heterocycles. The molecule has 0 atom stereocenters. The summed E-state index contributed by atoms with van der Waals surface area (Å²) in [5.41, 5.74) is 0.893. The summed E-state index contributed by atoms with van der Waals surface area (Å²) in [7, 11) is 0. The minimum absolute atomic E-state index is 0.0778. The van der Waals surface area contributed by atoms with Gasteiger partial charge in [-0.25, -0.2) is 0 Å². The molecule has 0 N–H and O–H groups in total. The van der Waals surface area contributed by atoms with Crippen LogP contribution in [-0.4, -0.2) is 19.1 Å². The predicted octanol–water partition coefficient (Wildman–Crippen LogP) is 4.41. The first-order chi connectivity index (χ1) is 9.70. The molecule has 0 unspecified atom stereocenters. The summed E-state index contributed by atoms with van der Waals surface area (Å²) in [4.78, 5) is 13.7. The minimum atomic E-state index is 0.0778. The molecule has 0 aliphatic carbocycles. The lowest BCUT2D eigenvalue weighted by Gasteiger charge is -2.23. The molecule has 0 aromatic heterocycles. The maximum atomic E-state index is 11.9. The highest BCUT2D eigenvalue weighted by molar-refractivity contribution is 5.93. The maximum Gasteiger partial charge on any atom is 0.223 e. The second-order valence-electron chi connectivity index (χ2n) is 5.05. The fourth-order valence-electron chi connectivity index (χ4n) is 2.16. The molecule has 1 rings (SSSR count). The summed E-state index contributed by atoms with van der Waals surface area (Å²) in [6, 6.07) is 7.80. The highest BCUT2D eigenvalue weighted by atomic mass is 16.5. The monoisotopic (exact) mass is 277 g/mol. The third-order valence-electron chi connectivity index (χ3n) is 3.23. The first-order valence-corrected chi connectivity index (χ1v) is 7.70. The van der Waals surface area contributed by atoms with Crippen LogP contribution in [0, 0.1) is 0 Å². The van der Waals surface area contributed by atoms with Crippen LogP contribution in [0.1, 0.15) is 52.9 Å². The summed E-state index contributed by atoms with van der Waals surface area (Å²) < 4.78 is 5.75. The van der Waals surface area contributed by atoms with Gasteiger partial charge in [0.05, 0.1) is 12.3 Å². The third kappa shape index (κ3) is 5.24. The number of hydrogen-bond donors (Lipinski definition) is 0. The van der Waals surface area contributed by atoms with Crippen molar-refractivity contribution in [3.8, 4) is 5.75 Å². The number of benzene rings is 1. The van der Waals surface area contributed by atoms with Gasteiger partial charge >= 0.3 is 0 Å². The smallest absolute Gasteiger partial charge is 0.223 e. The van der Waals surface area contributed by atoms with Crippen molar-refractivity contribution >= 4 is 11.6 Å². The van der Waals surface area contributed by atoms with E-state index in [0.717, 1.165) is 37.2 Å². The Morgan fingerprint density at radius 3 is 2.50 bits per heavy atom. The van der Waals surface area contributed by atoms with E-state index in [1.54, 1.807) is 6.92 Å². The molecule has 3 nitrogen and oxygen atoms in total. The molecule has 0 spiro atoms. The van der Waals surface area contributed by atoms with E-state index in [9.17, 15) is 4.79 Å². The molecule has 20 heavy (non-hydrogen) atoms. The van der Waals surface area contributed by atoms with E-state index in [-0.39, 0.29) is 5.91 Å². The second kappa shape index (κ2) is 9.40. The van der Waals surface area contributed by atoms with Crippen molar-refractivity contribution in [1.29, 1.82) is 0 Å². The molecule has 112 valence electrons. The van der Waals surface area contributed by atoms with E-state index < -0.39 is 0 Å². The number of rotatable bonds is 9. The van der Waals surface area contributed by atoms with Crippen LogP contribution < -0.4 is 9.64 Å². The van der Waals surface area contributed by atoms with E-state index in [4.69, 9.17) is 4.74 Å². The van der Waals surface area contributed by atoms with Gasteiger partial charge in [-0.3, -0.25) is 4.79 Å². The molecule has 0 aliphatic rings. The third-order valence-corrected chi connectivity index (χ3v) is 3.23. The Hall–Kier alpha value is -1.51. The molecule has 0 saturated carbocycles. The molecule has 1 aromatic rings. The minimum Gasteiger partial charge on any atom is -0.491 e. The number of amides is 1. The van der Waals surface area contributed by atoms with E-state index in [1.807, 2.05) is 29.2 Å². The van der Waals surface area contributed by atoms with Crippen LogP contribution in [0.15, 0.2) is 24.3 Å². The van der Waals surface area contributed by atoms with E-state index >= 15 is 0 Å². The first-order valence-electron chi connectivity index (χ1n) is 7.70. The van der Waals surface area contributed by atoms with Gasteiger partial charge in [0, 0.05) is 13.5 Å². The molecule has 1 amide bonds. The lowest BCUT2D eigenvalue weighted by atomic mass is 10.2. The van der Waals surface area contributed by atoms with Crippen LogP contribution in [0.4, 0.5) is 5.69 Å². The summed E-state index contributed by atoms with van der Waals surface area (Å²) >= 11 is 0. The van der Waals surface area contributed by atoms with Crippen LogP contribution >= 0.6 is 0 Å². The number of carbonyl (C=O) groups is 1. The molecule has 0 fully saturated rings. The van der Waals surface area contributed by atoms with E-state index in [2.05, 4.69) is 13.8 Å². The van der Waals surface area contributed by atoms with Crippen molar-refractivity contribution in [2.45, 2.75) is 52.9 Å². The van der Waals surface area contributed by atoms with Crippen molar-refractivity contribution in [1.82, 2.24) is 0 Å². The van der Waals surface area contributed by atoms with Gasteiger partial charge in [0.25, 0.3) is 0 Å². The largest absolute Gasteiger partial charge is 0.491 e. The lowest BCUT2D eigenvalue weighted by Crippen LogP contribution is -2.30. The Balaban J connectivity index is 2.77. The maximum absolute atomic E-state index is 11.9. The zero-order valence-corrected chi connectivity index (χ0v) is 13.0. The van der Waals surface area contributed by atoms with Crippen molar-refractivity contribution in [3.05, 3.63) is 24.3 Å². The Morgan fingerprint density at radius 2 is 1.85 bits per heavy atom. The number of unbranched alkanes of at least 4 members (excludes halogenated alkanes) is 3. The topological polar surface area (TPSA) is 29.5 Å². The van der Waals surface area contributed by atoms with E-state index in [1.165, 1.54) is 12.8 Å². The molecule has 3 heteroatoms. The number of hydrogen-bond acceptors (Lipinski definition) is 2. The molecule has 0 radical (unpaired) electrons. The van der Waals surface area contributed by atoms with Gasteiger partial charge < -0.3 is 9.64 Å². The Morgan fingerprint density at radius 1 is 1.10 bits per heavy atom. The van der Waals surface area contributed by atoms with Crippen molar-refractivity contribution in [2.75, 3.05) is 18.1 Å². The standard InChI is InChI=1S/C17H27NO2/c1-4-6-7-10-13-18(15(3)19)16-11-8-9-12-17(16)20-14-5-2/h8-9,11-12H,4-7,10,13-14H2,1-3H3. The average Bonchev–Trinajstić information content (AvgIpc) is 2.45. The SMILES string of the molecule is CCCCCCN(C(C)=O)c1ccccc1OCCC. The summed E-state index contributed by atoms with van der Waals surface area (Å²) in [5.74, 6) is 0.883. The highest BCUT2D eigenvalue weighted by Gasteiger charge is 2.15. The van der Waals surface area contributed by atoms with Gasteiger partial charge in [-0.15, -0.1) is 0 Å². The van der Waals surface area contributed by atoms with E-state index in [0.29, 0.717) is 6.61 Å². The number of nitrogens with zero attached hydrogens (tertiary/aromatic N) is 1. The predicted molar refractivity (Wildman–Crippen MR) is 84.4 cm³/mol. The number of para-hydroxylation sites is 2. The normalized spacial score (nSPS) is 10.3.